The molecule has 0 spiro atoms. The first kappa shape index (κ1) is 20.9. The lowest BCUT2D eigenvalue weighted by Crippen LogP contribution is -2.55. The number of carbonyl (C=O) groups is 1. The molecule has 1 fully saturated rings. The van der Waals surface area contributed by atoms with Gasteiger partial charge in [0.15, 0.2) is 11.2 Å². The van der Waals surface area contributed by atoms with Gasteiger partial charge in [0.1, 0.15) is 18.1 Å². The highest BCUT2D eigenvalue weighted by Gasteiger charge is 2.62. The van der Waals surface area contributed by atoms with Gasteiger partial charge in [-0.15, -0.1) is 0 Å². The smallest absolute Gasteiger partial charge is 0.283 e. The molecule has 0 radical (unpaired) electrons. The van der Waals surface area contributed by atoms with Crippen LogP contribution in [0.3, 0.4) is 0 Å². The van der Waals surface area contributed by atoms with Crippen LogP contribution in [0.1, 0.15) is 29.4 Å². The SMILES string of the molecule is CCCOc1cnc(C(=O)Nc2ccc(F)c(C34COCC3(F)COC(N)=N4)c2)cn1. The Morgan fingerprint density at radius 1 is 1.29 bits per heavy atom. The van der Waals surface area contributed by atoms with Gasteiger partial charge in [-0.1, -0.05) is 6.92 Å². The second kappa shape index (κ2) is 8.06. The van der Waals surface area contributed by atoms with E-state index in [2.05, 4.69) is 20.3 Å². The maximum absolute atomic E-state index is 15.5. The first-order valence-corrected chi connectivity index (χ1v) is 9.68. The monoisotopic (exact) mass is 433 g/mol. The minimum atomic E-state index is -2.10. The largest absolute Gasteiger partial charge is 0.477 e. The van der Waals surface area contributed by atoms with Crippen molar-refractivity contribution in [2.75, 3.05) is 31.7 Å². The highest BCUT2D eigenvalue weighted by molar-refractivity contribution is 6.02. The third kappa shape index (κ3) is 3.76. The number of nitrogens with one attached hydrogen (secondary N) is 1. The number of amidine groups is 1. The summed E-state index contributed by atoms with van der Waals surface area (Å²) in [7, 11) is 0. The average Bonchev–Trinajstić information content (AvgIpc) is 3.11. The zero-order valence-electron chi connectivity index (χ0n) is 16.7. The van der Waals surface area contributed by atoms with Crippen LogP contribution < -0.4 is 15.8 Å². The molecule has 1 aromatic carbocycles. The van der Waals surface area contributed by atoms with Gasteiger partial charge in [-0.05, 0) is 24.6 Å². The second-order valence-corrected chi connectivity index (χ2v) is 7.29. The van der Waals surface area contributed by atoms with Crippen LogP contribution in [0.15, 0.2) is 35.6 Å². The van der Waals surface area contributed by atoms with Gasteiger partial charge >= 0.3 is 0 Å². The van der Waals surface area contributed by atoms with Crippen LogP contribution in [0.4, 0.5) is 14.5 Å². The molecule has 2 unspecified atom stereocenters. The van der Waals surface area contributed by atoms with Gasteiger partial charge in [-0.25, -0.2) is 23.7 Å². The van der Waals surface area contributed by atoms with Crippen LogP contribution in [0, 0.1) is 5.82 Å². The fraction of sp³-hybridized carbons (Fsp3) is 0.400. The fourth-order valence-corrected chi connectivity index (χ4v) is 3.52. The second-order valence-electron chi connectivity index (χ2n) is 7.29. The maximum atomic E-state index is 15.5. The lowest BCUT2D eigenvalue weighted by Gasteiger charge is -2.38. The summed E-state index contributed by atoms with van der Waals surface area (Å²) in [5, 5.41) is 2.60. The lowest BCUT2D eigenvalue weighted by molar-refractivity contribution is 0.00905. The number of halogens is 2. The van der Waals surface area contributed by atoms with Gasteiger partial charge in [0.05, 0.1) is 32.2 Å². The molecule has 3 N–H and O–H groups in total. The number of aromatic nitrogens is 2. The summed E-state index contributed by atoms with van der Waals surface area (Å²) < 4.78 is 46.0. The molecule has 3 heterocycles. The topological polar surface area (TPSA) is 121 Å². The Morgan fingerprint density at radius 2 is 2.13 bits per heavy atom. The molecular formula is C20H21F2N5O4. The number of nitrogens with zero attached hydrogens (tertiary/aromatic N) is 3. The van der Waals surface area contributed by atoms with E-state index in [0.717, 1.165) is 12.5 Å². The zero-order chi connectivity index (χ0) is 22.1. The van der Waals surface area contributed by atoms with E-state index in [4.69, 9.17) is 19.9 Å². The minimum absolute atomic E-state index is 0.0326. The molecule has 2 aliphatic rings. The minimum Gasteiger partial charge on any atom is -0.477 e. The Labute approximate surface area is 176 Å². The number of nitrogens with two attached hydrogens (primary N) is 1. The van der Waals surface area contributed by atoms with Crippen LogP contribution in [0.25, 0.3) is 0 Å². The Balaban J connectivity index is 1.60. The van der Waals surface area contributed by atoms with E-state index in [1.54, 1.807) is 0 Å². The maximum Gasteiger partial charge on any atom is 0.283 e. The number of aliphatic imine (C=N–C) groups is 1. The van der Waals surface area contributed by atoms with Crippen LogP contribution in [0.5, 0.6) is 5.88 Å². The number of carbonyl (C=O) groups excluding carboxylic acids is 1. The summed E-state index contributed by atoms with van der Waals surface area (Å²) in [4.78, 5) is 24.7. The highest BCUT2D eigenvalue weighted by atomic mass is 19.1. The van der Waals surface area contributed by atoms with Crippen LogP contribution in [-0.4, -0.2) is 54.0 Å². The number of hydrogen-bond acceptors (Lipinski definition) is 8. The summed E-state index contributed by atoms with van der Waals surface area (Å²) in [6.45, 7) is 1.49. The Kier molecular flexibility index (Phi) is 5.44. The third-order valence-corrected chi connectivity index (χ3v) is 5.12. The van der Waals surface area contributed by atoms with E-state index in [9.17, 15) is 9.18 Å². The number of anilines is 1. The van der Waals surface area contributed by atoms with Gasteiger partial charge < -0.3 is 25.3 Å². The molecular weight excluding hydrogens is 412 g/mol. The van der Waals surface area contributed by atoms with Gasteiger partial charge in [0, 0.05) is 11.3 Å². The highest BCUT2D eigenvalue weighted by Crippen LogP contribution is 2.48. The van der Waals surface area contributed by atoms with Crippen molar-refractivity contribution in [2.24, 2.45) is 10.7 Å². The molecule has 31 heavy (non-hydrogen) atoms. The number of benzene rings is 1. The molecule has 1 saturated heterocycles. The summed E-state index contributed by atoms with van der Waals surface area (Å²) in [6.07, 6.45) is 3.42. The molecule has 2 atom stereocenters. The molecule has 9 nitrogen and oxygen atoms in total. The van der Waals surface area contributed by atoms with Crippen molar-refractivity contribution in [2.45, 2.75) is 24.6 Å². The van der Waals surface area contributed by atoms with E-state index in [1.807, 2.05) is 6.92 Å². The molecule has 0 saturated carbocycles. The molecule has 1 amide bonds. The molecule has 2 aliphatic heterocycles. The van der Waals surface area contributed by atoms with Crippen LogP contribution in [0.2, 0.25) is 0 Å². The number of fused-ring (bicyclic) bond motifs is 1. The van der Waals surface area contributed by atoms with E-state index in [-0.39, 0.29) is 36.2 Å². The van der Waals surface area contributed by atoms with Gasteiger partial charge in [0.2, 0.25) is 5.88 Å². The standard InChI is InChI=1S/C20H21F2N5O4/c1-2-5-30-16-8-24-15(7-25-16)17(28)26-12-3-4-14(21)13(6-12)20-11-29-9-19(20,22)10-31-18(23)27-20/h3-4,6-8H,2,5,9-11H2,1H3,(H2,23,27)(H,26,28). The summed E-state index contributed by atoms with van der Waals surface area (Å²) in [5.74, 6) is -0.980. The first-order chi connectivity index (χ1) is 14.9. The Morgan fingerprint density at radius 3 is 2.87 bits per heavy atom. The molecule has 2 aromatic rings. The van der Waals surface area contributed by atoms with Crippen molar-refractivity contribution in [1.29, 1.82) is 0 Å². The predicted octanol–water partition coefficient (Wildman–Crippen LogP) is 1.94. The Hall–Kier alpha value is -3.34. The van der Waals surface area contributed by atoms with E-state index >= 15 is 4.39 Å². The van der Waals surface area contributed by atoms with Crippen molar-refractivity contribution in [3.05, 3.63) is 47.7 Å². The zero-order valence-corrected chi connectivity index (χ0v) is 16.7. The predicted molar refractivity (Wildman–Crippen MR) is 106 cm³/mol. The number of hydrogen-bond donors (Lipinski definition) is 2. The third-order valence-electron chi connectivity index (χ3n) is 5.12. The molecule has 0 bridgehead atoms. The number of ether oxygens (including phenoxy) is 3. The molecule has 0 aliphatic carbocycles. The van der Waals surface area contributed by atoms with Crippen molar-refractivity contribution in [3.63, 3.8) is 0 Å². The van der Waals surface area contributed by atoms with E-state index in [0.29, 0.717) is 12.5 Å². The number of rotatable bonds is 6. The van der Waals surface area contributed by atoms with Crippen molar-refractivity contribution < 1.29 is 27.8 Å². The average molecular weight is 433 g/mol. The van der Waals surface area contributed by atoms with Crippen molar-refractivity contribution in [3.8, 4) is 5.88 Å². The Bertz CT molecular complexity index is 1020. The molecule has 4 rings (SSSR count). The summed E-state index contributed by atoms with van der Waals surface area (Å²) >= 11 is 0. The molecule has 11 heteroatoms. The van der Waals surface area contributed by atoms with Crippen molar-refractivity contribution in [1.82, 2.24) is 9.97 Å². The lowest BCUT2D eigenvalue weighted by atomic mass is 9.78. The normalized spacial score (nSPS) is 24.7. The number of alkyl halides is 1. The quantitative estimate of drug-likeness (QED) is 0.714. The number of amides is 1. The van der Waals surface area contributed by atoms with Gasteiger partial charge in [-0.2, -0.15) is 0 Å². The molecule has 1 aromatic heterocycles. The van der Waals surface area contributed by atoms with Gasteiger partial charge in [0.25, 0.3) is 11.9 Å². The molecule has 164 valence electrons. The first-order valence-electron chi connectivity index (χ1n) is 9.68. The van der Waals surface area contributed by atoms with Crippen molar-refractivity contribution >= 4 is 17.6 Å². The van der Waals surface area contributed by atoms with E-state index in [1.165, 1.54) is 24.5 Å². The van der Waals surface area contributed by atoms with Gasteiger partial charge in [-0.3, -0.25) is 4.79 Å². The summed E-state index contributed by atoms with van der Waals surface area (Å²) in [5.41, 5.74) is 2.00. The van der Waals surface area contributed by atoms with Crippen LogP contribution in [-0.2, 0) is 15.0 Å². The fourth-order valence-electron chi connectivity index (χ4n) is 3.52. The van der Waals surface area contributed by atoms with E-state index < -0.39 is 29.5 Å². The summed E-state index contributed by atoms with van der Waals surface area (Å²) in [6, 6.07) is 3.52. The van der Waals surface area contributed by atoms with Crippen LogP contribution >= 0.6 is 0 Å².